The van der Waals surface area contributed by atoms with E-state index in [1.807, 2.05) is 0 Å². The first-order valence-electron chi connectivity index (χ1n) is 9.04. The number of carbonyl (C=O) groups is 1. The molecule has 0 spiro atoms. The zero-order valence-electron chi connectivity index (χ0n) is 16.4. The summed E-state index contributed by atoms with van der Waals surface area (Å²) in [6, 6.07) is 13.3. The molecule has 0 saturated carbocycles. The summed E-state index contributed by atoms with van der Waals surface area (Å²) in [5.41, 5.74) is 2.66. The predicted molar refractivity (Wildman–Crippen MR) is 106 cm³/mol. The molecule has 0 radical (unpaired) electrons. The number of nitro groups is 1. The van der Waals surface area contributed by atoms with Crippen LogP contribution < -0.4 is 0 Å². The highest BCUT2D eigenvalue weighted by Crippen LogP contribution is 2.22. The predicted octanol–water partition coefficient (Wildman–Crippen LogP) is 3.87. The van der Waals surface area contributed by atoms with Crippen molar-refractivity contribution in [2.75, 3.05) is 7.05 Å². The van der Waals surface area contributed by atoms with Gasteiger partial charge in [0.15, 0.2) is 0 Å². The van der Waals surface area contributed by atoms with Crippen LogP contribution in [0.5, 0.6) is 0 Å². The number of halogens is 1. The Labute approximate surface area is 167 Å². The Morgan fingerprint density at radius 3 is 2.41 bits per heavy atom. The quantitative estimate of drug-likeness (QED) is 0.468. The van der Waals surface area contributed by atoms with Gasteiger partial charge in [-0.15, -0.1) is 0 Å². The van der Waals surface area contributed by atoms with Gasteiger partial charge in [-0.3, -0.25) is 19.6 Å². The zero-order chi connectivity index (χ0) is 21.1. The summed E-state index contributed by atoms with van der Waals surface area (Å²) in [6.45, 7) is 3.80. The van der Waals surface area contributed by atoms with Crippen LogP contribution in [0, 0.1) is 29.8 Å². The minimum atomic E-state index is -0.429. The van der Waals surface area contributed by atoms with Crippen LogP contribution in [0.2, 0.25) is 0 Å². The number of nitrogens with zero attached hydrogens (tertiary/aromatic N) is 4. The van der Waals surface area contributed by atoms with Gasteiger partial charge in [0, 0.05) is 24.7 Å². The molecule has 150 valence electrons. The molecule has 3 aromatic rings. The van der Waals surface area contributed by atoms with E-state index in [9.17, 15) is 19.3 Å². The van der Waals surface area contributed by atoms with Gasteiger partial charge in [-0.25, -0.2) is 4.39 Å². The number of rotatable bonds is 6. The summed E-state index contributed by atoms with van der Waals surface area (Å²) in [6.07, 6.45) is 0. The summed E-state index contributed by atoms with van der Waals surface area (Å²) in [5, 5.41) is 15.4. The van der Waals surface area contributed by atoms with Gasteiger partial charge in [0.2, 0.25) is 0 Å². The Bertz CT molecular complexity index is 1060. The summed E-state index contributed by atoms with van der Waals surface area (Å²) >= 11 is 0. The maximum absolute atomic E-state index is 13.8. The third-order valence-corrected chi connectivity index (χ3v) is 4.77. The maximum atomic E-state index is 13.8. The topological polar surface area (TPSA) is 81.3 Å². The van der Waals surface area contributed by atoms with Crippen LogP contribution in [-0.4, -0.2) is 32.6 Å². The molecular formula is C21H21FN4O3. The molecule has 29 heavy (non-hydrogen) atoms. The minimum Gasteiger partial charge on any atom is -0.337 e. The maximum Gasteiger partial charge on any atom is 0.312 e. The molecule has 0 atom stereocenters. The molecular weight excluding hydrogens is 375 g/mol. The van der Waals surface area contributed by atoms with Gasteiger partial charge >= 0.3 is 5.69 Å². The molecule has 0 aliphatic carbocycles. The summed E-state index contributed by atoms with van der Waals surface area (Å²) in [7, 11) is 1.62. The fourth-order valence-electron chi connectivity index (χ4n) is 3.21. The van der Waals surface area contributed by atoms with Crippen molar-refractivity contribution in [2.24, 2.45) is 0 Å². The average molecular weight is 396 g/mol. The second kappa shape index (κ2) is 8.22. The first-order valence-corrected chi connectivity index (χ1v) is 9.04. The number of benzene rings is 2. The number of hydrogen-bond acceptors (Lipinski definition) is 4. The van der Waals surface area contributed by atoms with E-state index in [2.05, 4.69) is 5.10 Å². The number of amides is 1. The summed E-state index contributed by atoms with van der Waals surface area (Å²) < 4.78 is 15.4. The van der Waals surface area contributed by atoms with Gasteiger partial charge in [0.1, 0.15) is 17.2 Å². The van der Waals surface area contributed by atoms with E-state index in [1.165, 1.54) is 11.0 Å². The Kier molecular flexibility index (Phi) is 5.72. The molecule has 7 nitrogen and oxygen atoms in total. The van der Waals surface area contributed by atoms with Crippen LogP contribution in [0.15, 0.2) is 48.5 Å². The largest absolute Gasteiger partial charge is 0.337 e. The summed E-state index contributed by atoms with van der Waals surface area (Å²) in [4.78, 5) is 24.8. The lowest BCUT2D eigenvalue weighted by Gasteiger charge is -2.18. The van der Waals surface area contributed by atoms with Gasteiger partial charge in [-0.05, 0) is 37.6 Å². The van der Waals surface area contributed by atoms with Gasteiger partial charge in [0.25, 0.3) is 5.91 Å². The number of aryl methyl sites for hydroxylation is 1. The second-order valence-corrected chi connectivity index (χ2v) is 6.88. The van der Waals surface area contributed by atoms with E-state index in [1.54, 1.807) is 68.0 Å². The van der Waals surface area contributed by atoms with Crippen LogP contribution in [0.3, 0.4) is 0 Å². The standard InChI is InChI=1S/C21H21FN4O3/c1-14-20(26(28)29)15(2)25(23-14)12-16-8-10-17(11-9-16)21(27)24(3)13-18-6-4-5-7-19(18)22/h4-11H,12-13H2,1-3H3. The molecule has 1 amide bonds. The van der Waals surface area contributed by atoms with Crippen molar-refractivity contribution >= 4 is 11.6 Å². The first-order chi connectivity index (χ1) is 13.8. The number of aromatic nitrogens is 2. The zero-order valence-corrected chi connectivity index (χ0v) is 16.4. The van der Waals surface area contributed by atoms with Crippen LogP contribution in [0.1, 0.15) is 32.9 Å². The van der Waals surface area contributed by atoms with E-state index in [-0.39, 0.29) is 24.0 Å². The van der Waals surface area contributed by atoms with E-state index < -0.39 is 4.92 Å². The van der Waals surface area contributed by atoms with E-state index in [4.69, 9.17) is 0 Å². The average Bonchev–Trinajstić information content (AvgIpc) is 2.96. The second-order valence-electron chi connectivity index (χ2n) is 6.88. The third kappa shape index (κ3) is 4.31. The monoisotopic (exact) mass is 396 g/mol. The molecule has 0 bridgehead atoms. The molecule has 3 rings (SSSR count). The van der Waals surface area contributed by atoms with Crippen molar-refractivity contribution in [3.63, 3.8) is 0 Å². The smallest absolute Gasteiger partial charge is 0.312 e. The van der Waals surface area contributed by atoms with Gasteiger partial charge in [-0.2, -0.15) is 5.10 Å². The Balaban J connectivity index is 1.71. The normalized spacial score (nSPS) is 10.8. The highest BCUT2D eigenvalue weighted by Gasteiger charge is 2.21. The van der Waals surface area contributed by atoms with Gasteiger partial charge < -0.3 is 4.90 Å². The van der Waals surface area contributed by atoms with E-state index >= 15 is 0 Å². The molecule has 8 heteroatoms. The van der Waals surface area contributed by atoms with Crippen molar-refractivity contribution in [1.29, 1.82) is 0 Å². The molecule has 0 unspecified atom stereocenters. The summed E-state index contributed by atoms with van der Waals surface area (Å²) in [5.74, 6) is -0.567. The lowest BCUT2D eigenvalue weighted by molar-refractivity contribution is -0.386. The molecule has 0 aliphatic heterocycles. The third-order valence-electron chi connectivity index (χ3n) is 4.77. The molecule has 0 fully saturated rings. The van der Waals surface area contributed by atoms with Crippen LogP contribution in [-0.2, 0) is 13.1 Å². The van der Waals surface area contributed by atoms with E-state index in [0.29, 0.717) is 29.1 Å². The Morgan fingerprint density at radius 1 is 1.17 bits per heavy atom. The molecule has 0 aliphatic rings. The molecule has 1 aromatic heterocycles. The molecule has 2 aromatic carbocycles. The fraction of sp³-hybridized carbons (Fsp3) is 0.238. The number of hydrogen-bond donors (Lipinski definition) is 0. The first kappa shape index (κ1) is 20.2. The van der Waals surface area contributed by atoms with Gasteiger partial charge in [0.05, 0.1) is 11.5 Å². The van der Waals surface area contributed by atoms with Crippen molar-refractivity contribution in [3.05, 3.63) is 92.5 Å². The fourth-order valence-corrected chi connectivity index (χ4v) is 3.21. The van der Waals surface area contributed by atoms with Crippen molar-refractivity contribution < 1.29 is 14.1 Å². The van der Waals surface area contributed by atoms with Gasteiger partial charge in [-0.1, -0.05) is 30.3 Å². The highest BCUT2D eigenvalue weighted by atomic mass is 19.1. The van der Waals surface area contributed by atoms with Crippen LogP contribution >= 0.6 is 0 Å². The van der Waals surface area contributed by atoms with Crippen LogP contribution in [0.4, 0.5) is 10.1 Å². The van der Waals surface area contributed by atoms with Crippen molar-refractivity contribution in [1.82, 2.24) is 14.7 Å². The van der Waals surface area contributed by atoms with E-state index in [0.717, 1.165) is 5.56 Å². The SMILES string of the molecule is Cc1nn(Cc2ccc(C(=O)N(C)Cc3ccccc3F)cc2)c(C)c1[N+](=O)[O-]. The lowest BCUT2D eigenvalue weighted by Crippen LogP contribution is -2.26. The van der Waals surface area contributed by atoms with Crippen molar-refractivity contribution in [2.45, 2.75) is 26.9 Å². The lowest BCUT2D eigenvalue weighted by atomic mass is 10.1. The highest BCUT2D eigenvalue weighted by molar-refractivity contribution is 5.94. The molecule has 0 saturated heterocycles. The van der Waals surface area contributed by atoms with Crippen LogP contribution in [0.25, 0.3) is 0 Å². The van der Waals surface area contributed by atoms with Crippen molar-refractivity contribution in [3.8, 4) is 0 Å². The number of carbonyl (C=O) groups excluding carboxylic acids is 1. The molecule has 1 heterocycles. The minimum absolute atomic E-state index is 0.0200. The molecule has 0 N–H and O–H groups in total. The Hall–Kier alpha value is -3.55. The Morgan fingerprint density at radius 2 is 1.83 bits per heavy atom.